The van der Waals surface area contributed by atoms with Crippen LogP contribution in [0, 0.1) is 5.92 Å². The Morgan fingerprint density at radius 2 is 1.64 bits per heavy atom. The van der Waals surface area contributed by atoms with E-state index in [0.29, 0.717) is 32.7 Å². The number of ether oxygens (including phenoxy) is 1. The van der Waals surface area contributed by atoms with Crippen LogP contribution in [0.1, 0.15) is 31.4 Å². The zero-order valence-electron chi connectivity index (χ0n) is 16.7. The van der Waals surface area contributed by atoms with Crippen molar-refractivity contribution in [2.75, 3.05) is 46.4 Å². The average Bonchev–Trinajstić information content (AvgIpc) is 2.73. The van der Waals surface area contributed by atoms with Crippen LogP contribution in [0.4, 0.5) is 0 Å². The van der Waals surface area contributed by atoms with E-state index in [0.717, 1.165) is 18.4 Å². The summed E-state index contributed by atoms with van der Waals surface area (Å²) in [4.78, 5) is 42.6. The molecule has 2 atom stereocenters. The standard InChI is InChI=1S/C21H29N3O4/c1-16(25)22-10-12-23(13-11-22)21(27)18-8-9-19(17-6-4-3-5-7-17)24(14-18)20(26)15-28-2/h3-7,18-19H,8-15H2,1-2H3. The third-order valence-corrected chi connectivity index (χ3v) is 5.74. The van der Waals surface area contributed by atoms with Crippen molar-refractivity contribution < 1.29 is 19.1 Å². The minimum Gasteiger partial charge on any atom is -0.375 e. The van der Waals surface area contributed by atoms with Crippen molar-refractivity contribution in [1.29, 1.82) is 0 Å². The second-order valence-corrected chi connectivity index (χ2v) is 7.51. The largest absolute Gasteiger partial charge is 0.375 e. The molecule has 2 saturated heterocycles. The van der Waals surface area contributed by atoms with Crippen LogP contribution >= 0.6 is 0 Å². The normalized spacial score (nSPS) is 22.9. The van der Waals surface area contributed by atoms with Gasteiger partial charge in [0.2, 0.25) is 17.7 Å². The number of piperidine rings is 1. The van der Waals surface area contributed by atoms with Gasteiger partial charge in [0, 0.05) is 46.8 Å². The lowest BCUT2D eigenvalue weighted by Crippen LogP contribution is -2.54. The minimum absolute atomic E-state index is 0.0154. The number of rotatable bonds is 4. The highest BCUT2D eigenvalue weighted by Gasteiger charge is 2.37. The molecule has 7 heteroatoms. The zero-order chi connectivity index (χ0) is 20.1. The van der Waals surface area contributed by atoms with Crippen LogP contribution in [-0.2, 0) is 19.1 Å². The first-order chi connectivity index (χ1) is 13.5. The molecule has 0 aromatic heterocycles. The number of methoxy groups -OCH3 is 1. The second kappa shape index (κ2) is 9.19. The molecule has 28 heavy (non-hydrogen) atoms. The van der Waals surface area contributed by atoms with Gasteiger partial charge in [0.1, 0.15) is 6.61 Å². The number of likely N-dealkylation sites (tertiary alicyclic amines) is 1. The predicted octanol–water partition coefficient (Wildman–Crippen LogP) is 1.30. The van der Waals surface area contributed by atoms with E-state index >= 15 is 0 Å². The van der Waals surface area contributed by atoms with E-state index in [4.69, 9.17) is 4.74 Å². The quantitative estimate of drug-likeness (QED) is 0.781. The Balaban J connectivity index is 1.68. The van der Waals surface area contributed by atoms with Gasteiger partial charge in [-0.25, -0.2) is 0 Å². The molecule has 1 aromatic rings. The predicted molar refractivity (Wildman–Crippen MR) is 104 cm³/mol. The summed E-state index contributed by atoms with van der Waals surface area (Å²) in [6, 6.07) is 9.94. The third kappa shape index (κ3) is 4.52. The zero-order valence-corrected chi connectivity index (χ0v) is 16.7. The summed E-state index contributed by atoms with van der Waals surface area (Å²) in [6.45, 7) is 4.25. The van der Waals surface area contributed by atoms with Crippen LogP contribution in [0.5, 0.6) is 0 Å². The fourth-order valence-electron chi connectivity index (χ4n) is 4.18. The Morgan fingerprint density at radius 1 is 1.00 bits per heavy atom. The number of nitrogens with zero attached hydrogens (tertiary/aromatic N) is 3. The summed E-state index contributed by atoms with van der Waals surface area (Å²) in [5, 5.41) is 0. The molecule has 0 bridgehead atoms. The van der Waals surface area contributed by atoms with Crippen molar-refractivity contribution in [2.24, 2.45) is 5.92 Å². The number of carbonyl (C=O) groups excluding carboxylic acids is 3. The number of carbonyl (C=O) groups is 3. The molecule has 0 radical (unpaired) electrons. The maximum absolute atomic E-state index is 13.1. The SMILES string of the molecule is COCC(=O)N1CC(C(=O)N2CCN(C(C)=O)CC2)CCC1c1ccccc1. The first kappa shape index (κ1) is 20.3. The molecule has 0 aliphatic carbocycles. The van der Waals surface area contributed by atoms with Gasteiger partial charge < -0.3 is 19.4 Å². The lowest BCUT2D eigenvalue weighted by molar-refractivity contribution is -0.148. The van der Waals surface area contributed by atoms with Crippen LogP contribution in [0.25, 0.3) is 0 Å². The van der Waals surface area contributed by atoms with Gasteiger partial charge in [-0.2, -0.15) is 0 Å². The molecule has 7 nitrogen and oxygen atoms in total. The molecule has 2 heterocycles. The summed E-state index contributed by atoms with van der Waals surface area (Å²) >= 11 is 0. The number of piperazine rings is 1. The highest BCUT2D eigenvalue weighted by atomic mass is 16.5. The first-order valence-electron chi connectivity index (χ1n) is 9.89. The van der Waals surface area contributed by atoms with Gasteiger partial charge in [-0.05, 0) is 18.4 Å². The van der Waals surface area contributed by atoms with Crippen molar-refractivity contribution in [3.05, 3.63) is 35.9 Å². The second-order valence-electron chi connectivity index (χ2n) is 7.51. The number of hydrogen-bond donors (Lipinski definition) is 0. The van der Waals surface area contributed by atoms with Crippen molar-refractivity contribution in [2.45, 2.75) is 25.8 Å². The van der Waals surface area contributed by atoms with Crippen LogP contribution < -0.4 is 0 Å². The molecule has 1 aromatic carbocycles. The van der Waals surface area contributed by atoms with Crippen molar-refractivity contribution in [3.8, 4) is 0 Å². The van der Waals surface area contributed by atoms with E-state index in [1.165, 1.54) is 7.11 Å². The Bertz CT molecular complexity index is 701. The first-order valence-corrected chi connectivity index (χ1v) is 9.89. The van der Waals surface area contributed by atoms with Gasteiger partial charge in [0.25, 0.3) is 0 Å². The molecular formula is C21H29N3O4. The summed E-state index contributed by atoms with van der Waals surface area (Å²) in [5.41, 5.74) is 1.09. The van der Waals surface area contributed by atoms with Crippen molar-refractivity contribution in [1.82, 2.24) is 14.7 Å². The number of amides is 3. The molecule has 152 valence electrons. The topological polar surface area (TPSA) is 70.2 Å². The Labute approximate surface area is 166 Å². The van der Waals surface area contributed by atoms with Gasteiger partial charge in [-0.15, -0.1) is 0 Å². The number of benzene rings is 1. The van der Waals surface area contributed by atoms with E-state index < -0.39 is 0 Å². The van der Waals surface area contributed by atoms with Gasteiger partial charge in [0.05, 0.1) is 12.0 Å². The molecule has 3 rings (SSSR count). The maximum Gasteiger partial charge on any atom is 0.249 e. The monoisotopic (exact) mass is 387 g/mol. The van der Waals surface area contributed by atoms with E-state index in [2.05, 4.69) is 0 Å². The van der Waals surface area contributed by atoms with Crippen LogP contribution in [0.3, 0.4) is 0 Å². The lowest BCUT2D eigenvalue weighted by atomic mass is 9.88. The fraction of sp³-hybridized carbons (Fsp3) is 0.571. The Morgan fingerprint density at radius 3 is 2.25 bits per heavy atom. The smallest absolute Gasteiger partial charge is 0.249 e. The van der Waals surface area contributed by atoms with E-state index in [1.54, 1.807) is 16.7 Å². The molecule has 2 aliphatic heterocycles. The fourth-order valence-corrected chi connectivity index (χ4v) is 4.18. The van der Waals surface area contributed by atoms with Crippen LogP contribution in [-0.4, -0.2) is 78.9 Å². The molecule has 3 amide bonds. The molecular weight excluding hydrogens is 358 g/mol. The molecule has 0 saturated carbocycles. The molecule has 2 aliphatic rings. The maximum atomic E-state index is 13.1. The Kier molecular flexibility index (Phi) is 6.67. The highest BCUT2D eigenvalue weighted by Crippen LogP contribution is 2.34. The summed E-state index contributed by atoms with van der Waals surface area (Å²) in [6.07, 6.45) is 1.51. The van der Waals surface area contributed by atoms with E-state index in [1.807, 2.05) is 35.2 Å². The molecule has 2 fully saturated rings. The molecule has 0 N–H and O–H groups in total. The summed E-state index contributed by atoms with van der Waals surface area (Å²) < 4.78 is 5.06. The van der Waals surface area contributed by atoms with Gasteiger partial charge >= 0.3 is 0 Å². The molecule has 2 unspecified atom stereocenters. The third-order valence-electron chi connectivity index (χ3n) is 5.74. The van der Waals surface area contributed by atoms with Crippen LogP contribution in [0.2, 0.25) is 0 Å². The van der Waals surface area contributed by atoms with Crippen molar-refractivity contribution >= 4 is 17.7 Å². The van der Waals surface area contributed by atoms with Gasteiger partial charge in [-0.1, -0.05) is 30.3 Å². The van der Waals surface area contributed by atoms with Gasteiger partial charge in [0.15, 0.2) is 0 Å². The van der Waals surface area contributed by atoms with E-state index in [-0.39, 0.29) is 36.3 Å². The summed E-state index contributed by atoms with van der Waals surface area (Å²) in [7, 11) is 1.51. The Hall–Kier alpha value is -2.41. The molecule has 0 spiro atoms. The highest BCUT2D eigenvalue weighted by molar-refractivity contribution is 5.82. The van der Waals surface area contributed by atoms with Gasteiger partial charge in [-0.3, -0.25) is 14.4 Å². The minimum atomic E-state index is -0.204. The number of hydrogen-bond acceptors (Lipinski definition) is 4. The lowest BCUT2D eigenvalue weighted by Gasteiger charge is -2.42. The summed E-state index contributed by atoms with van der Waals surface area (Å²) in [5.74, 6) is -0.156. The van der Waals surface area contributed by atoms with Crippen molar-refractivity contribution in [3.63, 3.8) is 0 Å². The van der Waals surface area contributed by atoms with E-state index in [9.17, 15) is 14.4 Å². The van der Waals surface area contributed by atoms with Crippen LogP contribution in [0.15, 0.2) is 30.3 Å². The average molecular weight is 387 g/mol.